The van der Waals surface area contributed by atoms with Gasteiger partial charge >= 0.3 is 5.97 Å². The first kappa shape index (κ1) is 16.7. The standard InChI is InChI=1S/C21H25NO2/c1-2-22-13-12-19(16-22)15-21(23)24-20-10-8-18(9-11-20)14-17-6-4-3-5-7-17/h3-11,19H,2,12-16H2,1H3. The molecule has 0 aliphatic carbocycles. The van der Waals surface area contributed by atoms with Gasteiger partial charge in [-0.2, -0.15) is 0 Å². The first-order valence-electron chi connectivity index (χ1n) is 8.79. The third kappa shape index (κ3) is 4.68. The SMILES string of the molecule is CCN1CCC(CC(=O)Oc2ccc(Cc3ccccc3)cc2)C1. The Morgan fingerprint density at radius 2 is 1.79 bits per heavy atom. The first-order chi connectivity index (χ1) is 11.7. The summed E-state index contributed by atoms with van der Waals surface area (Å²) in [6.45, 7) is 5.34. The lowest BCUT2D eigenvalue weighted by Gasteiger charge is -2.12. The molecule has 3 heteroatoms. The van der Waals surface area contributed by atoms with Crippen molar-refractivity contribution in [1.82, 2.24) is 4.90 Å². The molecule has 24 heavy (non-hydrogen) atoms. The second kappa shape index (κ2) is 8.11. The molecular weight excluding hydrogens is 298 g/mol. The molecule has 2 aromatic carbocycles. The number of rotatable bonds is 6. The highest BCUT2D eigenvalue weighted by Crippen LogP contribution is 2.21. The van der Waals surface area contributed by atoms with E-state index in [4.69, 9.17) is 4.74 Å². The lowest BCUT2D eigenvalue weighted by Crippen LogP contribution is -2.21. The van der Waals surface area contributed by atoms with Crippen molar-refractivity contribution in [3.05, 3.63) is 65.7 Å². The Labute approximate surface area is 144 Å². The van der Waals surface area contributed by atoms with Crippen LogP contribution in [-0.4, -0.2) is 30.5 Å². The predicted molar refractivity (Wildman–Crippen MR) is 96.2 cm³/mol. The summed E-state index contributed by atoms with van der Waals surface area (Å²) in [6, 6.07) is 18.2. The maximum absolute atomic E-state index is 12.1. The van der Waals surface area contributed by atoms with Crippen LogP contribution in [0.25, 0.3) is 0 Å². The molecule has 2 aromatic rings. The molecule has 1 atom stereocenters. The Hall–Kier alpha value is -2.13. The number of likely N-dealkylation sites (tertiary alicyclic amines) is 1. The summed E-state index contributed by atoms with van der Waals surface area (Å²) < 4.78 is 5.49. The van der Waals surface area contributed by atoms with Gasteiger partial charge in [0.1, 0.15) is 5.75 Å². The van der Waals surface area contributed by atoms with E-state index in [0.717, 1.165) is 32.5 Å². The van der Waals surface area contributed by atoms with Crippen LogP contribution in [0.5, 0.6) is 5.75 Å². The Morgan fingerprint density at radius 3 is 2.46 bits per heavy atom. The second-order valence-corrected chi connectivity index (χ2v) is 6.53. The van der Waals surface area contributed by atoms with Crippen LogP contribution >= 0.6 is 0 Å². The zero-order valence-electron chi connectivity index (χ0n) is 14.3. The molecule has 0 amide bonds. The first-order valence-corrected chi connectivity index (χ1v) is 8.79. The fourth-order valence-electron chi connectivity index (χ4n) is 3.28. The average Bonchev–Trinajstić information content (AvgIpc) is 3.05. The third-order valence-corrected chi connectivity index (χ3v) is 4.68. The third-order valence-electron chi connectivity index (χ3n) is 4.68. The van der Waals surface area contributed by atoms with E-state index in [0.29, 0.717) is 18.1 Å². The largest absolute Gasteiger partial charge is 0.427 e. The number of esters is 1. The molecule has 0 bridgehead atoms. The van der Waals surface area contributed by atoms with Gasteiger partial charge < -0.3 is 9.64 Å². The van der Waals surface area contributed by atoms with E-state index in [2.05, 4.69) is 24.0 Å². The summed E-state index contributed by atoms with van der Waals surface area (Å²) in [4.78, 5) is 14.5. The van der Waals surface area contributed by atoms with Crippen molar-refractivity contribution in [2.24, 2.45) is 5.92 Å². The van der Waals surface area contributed by atoms with Crippen molar-refractivity contribution in [3.63, 3.8) is 0 Å². The van der Waals surface area contributed by atoms with Crippen LogP contribution in [0.3, 0.4) is 0 Å². The molecule has 3 nitrogen and oxygen atoms in total. The van der Waals surface area contributed by atoms with Crippen molar-refractivity contribution >= 4 is 5.97 Å². The Bertz CT molecular complexity index is 651. The molecule has 0 spiro atoms. The van der Waals surface area contributed by atoms with Gasteiger partial charge in [-0.1, -0.05) is 49.4 Å². The summed E-state index contributed by atoms with van der Waals surface area (Å²) in [5, 5.41) is 0. The van der Waals surface area contributed by atoms with Crippen LogP contribution in [0.4, 0.5) is 0 Å². The molecule has 3 rings (SSSR count). The zero-order chi connectivity index (χ0) is 16.8. The fraction of sp³-hybridized carbons (Fsp3) is 0.381. The van der Waals surface area contributed by atoms with Crippen molar-refractivity contribution < 1.29 is 9.53 Å². The fourth-order valence-corrected chi connectivity index (χ4v) is 3.28. The van der Waals surface area contributed by atoms with Gasteiger partial charge in [0.2, 0.25) is 0 Å². The summed E-state index contributed by atoms with van der Waals surface area (Å²) in [5.41, 5.74) is 2.50. The smallest absolute Gasteiger partial charge is 0.311 e. The minimum atomic E-state index is -0.117. The molecule has 0 N–H and O–H groups in total. The molecule has 126 valence electrons. The zero-order valence-corrected chi connectivity index (χ0v) is 14.3. The van der Waals surface area contributed by atoms with Crippen molar-refractivity contribution in [2.75, 3.05) is 19.6 Å². The van der Waals surface area contributed by atoms with Crippen LogP contribution in [0.1, 0.15) is 30.9 Å². The van der Waals surface area contributed by atoms with Gasteiger partial charge in [0.05, 0.1) is 6.42 Å². The number of carbonyl (C=O) groups is 1. The maximum atomic E-state index is 12.1. The van der Waals surface area contributed by atoms with Gasteiger partial charge in [-0.05, 0) is 55.1 Å². The van der Waals surface area contributed by atoms with Crippen LogP contribution in [0.2, 0.25) is 0 Å². The van der Waals surface area contributed by atoms with E-state index in [9.17, 15) is 4.79 Å². The lowest BCUT2D eigenvalue weighted by atomic mass is 10.0. The molecule has 0 saturated carbocycles. The van der Waals surface area contributed by atoms with Crippen molar-refractivity contribution in [1.29, 1.82) is 0 Å². The molecule has 1 aliphatic heterocycles. The summed E-state index contributed by atoms with van der Waals surface area (Å²) in [6.07, 6.45) is 2.51. The molecule has 0 radical (unpaired) electrons. The van der Waals surface area contributed by atoms with E-state index < -0.39 is 0 Å². The van der Waals surface area contributed by atoms with Gasteiger partial charge in [0.15, 0.2) is 0 Å². The Balaban J connectivity index is 1.50. The topological polar surface area (TPSA) is 29.5 Å². The minimum Gasteiger partial charge on any atom is -0.427 e. The van der Waals surface area contributed by atoms with E-state index in [1.54, 1.807) is 0 Å². The number of benzene rings is 2. The minimum absolute atomic E-state index is 0.117. The van der Waals surface area contributed by atoms with Crippen molar-refractivity contribution in [3.8, 4) is 5.75 Å². The lowest BCUT2D eigenvalue weighted by molar-refractivity contribution is -0.135. The van der Waals surface area contributed by atoms with Gasteiger partial charge in [0.25, 0.3) is 0 Å². The van der Waals surface area contributed by atoms with Crippen LogP contribution in [0, 0.1) is 5.92 Å². The van der Waals surface area contributed by atoms with E-state index in [1.807, 2.05) is 42.5 Å². The molecule has 0 aromatic heterocycles. The molecule has 1 fully saturated rings. The van der Waals surface area contributed by atoms with Gasteiger partial charge in [0, 0.05) is 6.54 Å². The normalized spacial score (nSPS) is 17.8. The number of nitrogens with zero attached hydrogens (tertiary/aromatic N) is 1. The number of hydrogen-bond acceptors (Lipinski definition) is 3. The number of hydrogen-bond donors (Lipinski definition) is 0. The molecule has 1 heterocycles. The monoisotopic (exact) mass is 323 g/mol. The van der Waals surface area contributed by atoms with Gasteiger partial charge in [-0.25, -0.2) is 0 Å². The highest BCUT2D eigenvalue weighted by atomic mass is 16.5. The Morgan fingerprint density at radius 1 is 1.08 bits per heavy atom. The summed E-state index contributed by atoms with van der Waals surface area (Å²) in [7, 11) is 0. The molecule has 1 aliphatic rings. The van der Waals surface area contributed by atoms with Gasteiger partial charge in [-0.15, -0.1) is 0 Å². The second-order valence-electron chi connectivity index (χ2n) is 6.53. The molecule has 1 unspecified atom stereocenters. The quantitative estimate of drug-likeness (QED) is 0.596. The highest BCUT2D eigenvalue weighted by Gasteiger charge is 2.24. The maximum Gasteiger partial charge on any atom is 0.311 e. The van der Waals surface area contributed by atoms with E-state index in [-0.39, 0.29) is 5.97 Å². The highest BCUT2D eigenvalue weighted by molar-refractivity contribution is 5.72. The predicted octanol–water partition coefficient (Wildman–Crippen LogP) is 3.91. The van der Waals surface area contributed by atoms with Crippen LogP contribution in [-0.2, 0) is 11.2 Å². The number of ether oxygens (including phenoxy) is 1. The van der Waals surface area contributed by atoms with Crippen LogP contribution in [0.15, 0.2) is 54.6 Å². The van der Waals surface area contributed by atoms with Crippen molar-refractivity contribution in [2.45, 2.75) is 26.2 Å². The van der Waals surface area contributed by atoms with E-state index in [1.165, 1.54) is 11.1 Å². The van der Waals surface area contributed by atoms with Crippen LogP contribution < -0.4 is 4.74 Å². The van der Waals surface area contributed by atoms with Gasteiger partial charge in [-0.3, -0.25) is 4.79 Å². The molecular formula is C21H25NO2. The average molecular weight is 323 g/mol. The molecule has 1 saturated heterocycles. The number of carbonyl (C=O) groups excluding carboxylic acids is 1. The summed E-state index contributed by atoms with van der Waals surface area (Å²) in [5.74, 6) is 0.964. The Kier molecular flexibility index (Phi) is 5.65. The summed E-state index contributed by atoms with van der Waals surface area (Å²) >= 11 is 0. The van der Waals surface area contributed by atoms with E-state index >= 15 is 0 Å².